The lowest BCUT2D eigenvalue weighted by atomic mass is 9.83. The van der Waals surface area contributed by atoms with E-state index in [1.165, 1.54) is 30.9 Å². The summed E-state index contributed by atoms with van der Waals surface area (Å²) in [5.41, 5.74) is 9.73. The Morgan fingerprint density at radius 1 is 0.780 bits per heavy atom. The molecule has 0 fully saturated rings. The summed E-state index contributed by atoms with van der Waals surface area (Å²) in [6.07, 6.45) is 15.9. The Morgan fingerprint density at radius 2 is 1.49 bits per heavy atom. The zero-order chi connectivity index (χ0) is 63.4. The molecule has 8 aromatic rings. The van der Waals surface area contributed by atoms with Gasteiger partial charge in [-0.25, -0.2) is 4.79 Å². The van der Waals surface area contributed by atoms with Gasteiger partial charge < -0.3 is 47.8 Å². The number of ether oxygens (including phenoxy) is 3. The number of halogens is 2. The van der Waals surface area contributed by atoms with Crippen LogP contribution in [0.25, 0.3) is 28.8 Å². The van der Waals surface area contributed by atoms with E-state index in [9.17, 15) is 24.0 Å². The molecule has 0 bridgehead atoms. The molecule has 25 heteroatoms. The maximum Gasteiger partial charge on any atom is 0.732 e. The molecule has 3 aliphatic rings. The summed E-state index contributed by atoms with van der Waals surface area (Å²) in [6.45, 7) is 1.64. The van der Waals surface area contributed by atoms with Crippen molar-refractivity contribution in [2.45, 2.75) is 64.5 Å². The van der Waals surface area contributed by atoms with E-state index in [0.29, 0.717) is 77.4 Å². The summed E-state index contributed by atoms with van der Waals surface area (Å²) < 4.78 is 53.7. The predicted octanol–water partition coefficient (Wildman–Crippen LogP) is 9.05. The predicted molar refractivity (Wildman–Crippen MR) is 348 cm³/mol. The van der Waals surface area contributed by atoms with Gasteiger partial charge in [-0.05, 0) is 137 Å². The normalized spacial score (nSPS) is 14.6. The lowest BCUT2D eigenvalue weighted by molar-refractivity contribution is -0.455. The summed E-state index contributed by atoms with van der Waals surface area (Å²) in [5, 5.41) is 26.4. The maximum absolute atomic E-state index is 16.2. The van der Waals surface area contributed by atoms with Crippen molar-refractivity contribution in [2.24, 2.45) is 0 Å². The Bertz CT molecular complexity index is 4180. The highest BCUT2D eigenvalue weighted by atomic mass is 32.1. The van der Waals surface area contributed by atoms with Crippen LogP contribution in [0.5, 0.6) is 5.75 Å². The standard InChI is InChI=1S/C66H67BF2N12O8S2/c1-42-9-22-54-46(33-42)14-15-47-34-43(2)10-23-55(47)61(54)56-40-79(66(86)74-64(56)90)39-45-35-48(37-49(36-45)63(85)73-65-75-77-78-76-65)62(84)72-27-29-88-31-30-87-28-26-71-59(82)8-4-3-5-25-70-60(83)41-89-53-20-12-44(13-21-53)11-16-50-17-18-51-38-52-19-24-57(58-7-6-32-91-58)81(52)67(68,69)80(50)51/h6-7,9-24,32-37,40,51,61H,3-5,8,25-31,38-39,41H2,1-2H3,(H,70,83)(H,71,82)(H,72,84)(H,74,86,90)(H2,73,75,76,77,78,85)/b16-11+. The van der Waals surface area contributed by atoms with Gasteiger partial charge in [0, 0.05) is 84.0 Å². The molecule has 4 aromatic carbocycles. The number of allylic oxidation sites excluding steroid dienone is 2. The van der Waals surface area contributed by atoms with Crippen molar-refractivity contribution in [3.05, 3.63) is 215 Å². The molecular weight excluding hydrogens is 1200 g/mol. The van der Waals surface area contributed by atoms with Gasteiger partial charge in [-0.3, -0.25) is 34.0 Å². The number of aryl methyl sites for hydroxylation is 2. The van der Waals surface area contributed by atoms with Crippen LogP contribution in [-0.4, -0.2) is 134 Å². The summed E-state index contributed by atoms with van der Waals surface area (Å²) in [7, 11) is 0. The molecule has 0 spiro atoms. The number of fused-ring (bicyclic) bond motifs is 4. The molecule has 0 radical (unpaired) electrons. The number of aromatic nitrogens is 7. The topological polar surface area (TPSA) is 244 Å². The highest BCUT2D eigenvalue weighted by Crippen LogP contribution is 2.41. The molecule has 0 saturated heterocycles. The van der Waals surface area contributed by atoms with Crippen LogP contribution in [0.2, 0.25) is 0 Å². The van der Waals surface area contributed by atoms with Gasteiger partial charge >= 0.3 is 12.7 Å². The maximum atomic E-state index is 16.2. The minimum atomic E-state index is -4.08. The molecule has 4 amide bonds. The fraction of sp³-hybridized carbons (Fsp3) is 0.273. The fourth-order valence-corrected chi connectivity index (χ4v) is 12.5. The number of nitrogens with one attached hydrogen (secondary N) is 6. The first kappa shape index (κ1) is 63.0. The van der Waals surface area contributed by atoms with Crippen molar-refractivity contribution in [2.75, 3.05) is 58.0 Å². The van der Waals surface area contributed by atoms with Gasteiger partial charge in [-0.15, -0.1) is 16.4 Å². The molecular formula is C66H67BF2N12O8S2. The number of hydrogen-bond donors (Lipinski definition) is 6. The van der Waals surface area contributed by atoms with Crippen LogP contribution >= 0.6 is 23.6 Å². The number of unbranched alkanes of at least 4 members (excludes halogenated alkanes) is 2. The van der Waals surface area contributed by atoms with Gasteiger partial charge in [0.25, 0.3) is 23.7 Å². The van der Waals surface area contributed by atoms with E-state index in [2.05, 4.69) is 95.4 Å². The van der Waals surface area contributed by atoms with Crippen LogP contribution < -0.4 is 31.7 Å². The monoisotopic (exact) mass is 1270 g/mol. The smallest absolute Gasteiger partial charge is 0.484 e. The number of thiophene rings is 1. The number of nitrogens with zero attached hydrogens (tertiary/aromatic N) is 6. The molecule has 4 aromatic heterocycles. The van der Waals surface area contributed by atoms with E-state index in [-0.39, 0.29) is 80.9 Å². The SMILES string of the molecule is Cc1ccc2c(c1)C=Cc1cc(C)ccc1C2c1cn(Cc2cc(C(=O)NCCOCCOCCNC(=O)CCCCCNC(=O)COc3ccc(/C=C/C4=[N+]5C(C=C4)Cc4ccc(-c6cccs6)n4[B-]5(F)F)cc3)cc(C(=O)Nc3nn[nH]n3)c2)c(=O)[nH]c1=S. The number of hydrogen-bond acceptors (Lipinski definition) is 13. The van der Waals surface area contributed by atoms with E-state index >= 15 is 8.63 Å². The van der Waals surface area contributed by atoms with Gasteiger partial charge in [0.15, 0.2) is 12.3 Å². The first-order chi connectivity index (χ1) is 44.1. The summed E-state index contributed by atoms with van der Waals surface area (Å²) in [5.74, 6) is -1.35. The molecule has 468 valence electrons. The van der Waals surface area contributed by atoms with E-state index < -0.39 is 30.5 Å². The number of carbonyl (C=O) groups is 4. The molecule has 1 unspecified atom stereocenters. The second-order valence-corrected chi connectivity index (χ2v) is 23.8. The fourth-order valence-electron chi connectivity index (χ4n) is 11.5. The molecule has 91 heavy (non-hydrogen) atoms. The van der Waals surface area contributed by atoms with Crippen molar-refractivity contribution in [1.29, 1.82) is 0 Å². The third-order valence-corrected chi connectivity index (χ3v) is 17.1. The molecule has 6 N–H and O–H groups in total. The average Bonchev–Trinajstić information content (AvgIpc) is 1.64. The molecule has 1 atom stereocenters. The molecule has 11 rings (SSSR count). The lowest BCUT2D eigenvalue weighted by Gasteiger charge is -2.35. The van der Waals surface area contributed by atoms with Crippen LogP contribution in [0.1, 0.15) is 108 Å². The van der Waals surface area contributed by atoms with Crippen LogP contribution in [0.4, 0.5) is 14.6 Å². The minimum Gasteiger partial charge on any atom is -0.484 e. The minimum absolute atomic E-state index is 0.0189. The number of carbonyl (C=O) groups excluding carboxylic acids is 4. The first-order valence-corrected chi connectivity index (χ1v) is 31.3. The average molecular weight is 1270 g/mol. The number of tetrazole rings is 1. The van der Waals surface area contributed by atoms with Crippen molar-refractivity contribution in [3.8, 4) is 16.3 Å². The molecule has 20 nitrogen and oxygen atoms in total. The van der Waals surface area contributed by atoms with Crippen LogP contribution in [0.15, 0.2) is 138 Å². The van der Waals surface area contributed by atoms with Gasteiger partial charge in [0.2, 0.25) is 5.91 Å². The molecule has 1 aliphatic carbocycles. The Balaban J connectivity index is 0.566. The van der Waals surface area contributed by atoms with Crippen molar-refractivity contribution in [1.82, 2.24) is 50.6 Å². The van der Waals surface area contributed by atoms with E-state index in [0.717, 1.165) is 50.2 Å². The zero-order valence-corrected chi connectivity index (χ0v) is 51.7. The highest BCUT2D eigenvalue weighted by Gasteiger charge is 2.54. The van der Waals surface area contributed by atoms with Crippen LogP contribution in [-0.2, 0) is 32.0 Å². The van der Waals surface area contributed by atoms with E-state index in [1.54, 1.807) is 73.0 Å². The third-order valence-electron chi connectivity index (χ3n) is 15.9. The Morgan fingerprint density at radius 3 is 2.20 bits per heavy atom. The van der Waals surface area contributed by atoms with E-state index in [4.69, 9.17) is 26.4 Å². The number of amides is 4. The number of aromatic amines is 2. The molecule has 6 heterocycles. The van der Waals surface area contributed by atoms with Crippen molar-refractivity contribution >= 4 is 84.0 Å². The second-order valence-electron chi connectivity index (χ2n) is 22.4. The summed E-state index contributed by atoms with van der Waals surface area (Å²) >= 11 is 7.30. The largest absolute Gasteiger partial charge is 0.732 e. The third kappa shape index (κ3) is 15.4. The summed E-state index contributed by atoms with van der Waals surface area (Å²) in [6, 6.07) is 31.2. The van der Waals surface area contributed by atoms with Gasteiger partial charge in [0.05, 0.1) is 33.0 Å². The molecule has 0 saturated carbocycles. The van der Waals surface area contributed by atoms with Crippen molar-refractivity contribution < 1.29 is 46.5 Å². The Hall–Kier alpha value is -9.56. The summed E-state index contributed by atoms with van der Waals surface area (Å²) in [4.78, 5) is 69.5. The second kappa shape index (κ2) is 28.9. The quantitative estimate of drug-likeness (QED) is 0.0160. The van der Waals surface area contributed by atoms with Gasteiger partial charge in [-0.1, -0.05) is 102 Å². The Labute approximate surface area is 532 Å². The number of benzene rings is 4. The highest BCUT2D eigenvalue weighted by molar-refractivity contribution is 7.71. The van der Waals surface area contributed by atoms with Gasteiger partial charge in [-0.2, -0.15) is 5.21 Å². The number of H-pyrrole nitrogens is 2. The van der Waals surface area contributed by atoms with Crippen LogP contribution in [0.3, 0.4) is 0 Å². The van der Waals surface area contributed by atoms with E-state index in [1.807, 2.05) is 37.4 Å². The molecule has 2 aliphatic heterocycles. The zero-order valence-electron chi connectivity index (χ0n) is 50.1. The van der Waals surface area contributed by atoms with Gasteiger partial charge in [0.1, 0.15) is 16.4 Å². The number of rotatable bonds is 27. The Kier molecular flexibility index (Phi) is 20.0. The lowest BCUT2D eigenvalue weighted by Crippen LogP contribution is -2.56. The number of anilines is 1. The van der Waals surface area contributed by atoms with Crippen LogP contribution in [0, 0.1) is 18.5 Å². The van der Waals surface area contributed by atoms with Crippen molar-refractivity contribution in [3.63, 3.8) is 0 Å². The first-order valence-electron chi connectivity index (χ1n) is 30.0.